The van der Waals surface area contributed by atoms with Crippen LogP contribution in [-0.4, -0.2) is 25.3 Å². The molecule has 0 radical (unpaired) electrons. The van der Waals surface area contributed by atoms with Crippen molar-refractivity contribution in [3.8, 4) is 11.5 Å². The lowest BCUT2D eigenvalue weighted by atomic mass is 10.0. The highest BCUT2D eigenvalue weighted by Crippen LogP contribution is 2.39. The molecule has 2 amide bonds. The molecule has 0 spiro atoms. The number of aryl methyl sites for hydroxylation is 2. The Kier molecular flexibility index (Phi) is 6.00. The van der Waals surface area contributed by atoms with Gasteiger partial charge in [0.2, 0.25) is 0 Å². The highest BCUT2D eigenvalue weighted by molar-refractivity contribution is 6.33. The lowest BCUT2D eigenvalue weighted by Gasteiger charge is -2.31. The summed E-state index contributed by atoms with van der Waals surface area (Å²) in [6.07, 6.45) is 1.96. The number of nitrogens with one attached hydrogen (secondary N) is 1. The Morgan fingerprint density at radius 1 is 1.00 bits per heavy atom. The van der Waals surface area contributed by atoms with Gasteiger partial charge in [0.1, 0.15) is 11.6 Å². The number of fused-ring (bicyclic) bond motifs is 3. The summed E-state index contributed by atoms with van der Waals surface area (Å²) in [7, 11) is 0. The van der Waals surface area contributed by atoms with E-state index >= 15 is 0 Å². The van der Waals surface area contributed by atoms with Crippen LogP contribution in [-0.2, 0) is 6.54 Å². The topological polar surface area (TPSA) is 55.1 Å². The van der Waals surface area contributed by atoms with Crippen molar-refractivity contribution in [2.45, 2.75) is 26.4 Å². The first-order chi connectivity index (χ1) is 18.4. The van der Waals surface area contributed by atoms with E-state index in [2.05, 4.69) is 5.32 Å². The molecule has 6 nitrogen and oxygen atoms in total. The van der Waals surface area contributed by atoms with Crippen molar-refractivity contribution in [2.75, 3.05) is 5.32 Å². The maximum atomic E-state index is 14.5. The van der Waals surface area contributed by atoms with Gasteiger partial charge in [0.25, 0.3) is 0 Å². The highest BCUT2D eigenvalue weighted by atomic mass is 35.5. The van der Waals surface area contributed by atoms with Crippen LogP contribution >= 0.6 is 11.6 Å². The Morgan fingerprint density at radius 2 is 1.82 bits per heavy atom. The zero-order chi connectivity index (χ0) is 26.4. The molecule has 38 heavy (non-hydrogen) atoms. The van der Waals surface area contributed by atoms with Gasteiger partial charge in [0, 0.05) is 11.8 Å². The average molecular weight is 526 g/mol. The quantitative estimate of drug-likeness (QED) is 0.270. The molecule has 1 aliphatic rings. The number of hydrogen-bond acceptors (Lipinski definition) is 2. The van der Waals surface area contributed by atoms with E-state index in [1.165, 1.54) is 12.1 Å². The number of carbonyl (C=O) groups is 1. The van der Waals surface area contributed by atoms with Crippen LogP contribution in [0.25, 0.3) is 11.5 Å². The van der Waals surface area contributed by atoms with Crippen LogP contribution in [0.1, 0.15) is 34.1 Å². The third kappa shape index (κ3) is 4.15. The highest BCUT2D eigenvalue weighted by Gasteiger charge is 2.36. The molecule has 2 aromatic heterocycles. The largest absolute Gasteiger partial charge is 0.323 e. The molecule has 0 fully saturated rings. The molecule has 5 aromatic rings. The Morgan fingerprint density at radius 3 is 2.58 bits per heavy atom. The fraction of sp³-hybridized carbons (Fsp3) is 0.133. The molecule has 1 N–H and O–H groups in total. The predicted molar refractivity (Wildman–Crippen MR) is 147 cm³/mol. The molecule has 0 bridgehead atoms. The molecule has 1 atom stereocenters. The molecule has 0 saturated heterocycles. The Bertz CT molecular complexity index is 1660. The van der Waals surface area contributed by atoms with Crippen molar-refractivity contribution < 1.29 is 9.18 Å². The van der Waals surface area contributed by atoms with E-state index in [-0.39, 0.29) is 18.4 Å². The molecular formula is C30H25ClFN5O. The summed E-state index contributed by atoms with van der Waals surface area (Å²) >= 11 is 6.46. The van der Waals surface area contributed by atoms with Gasteiger partial charge in [0.15, 0.2) is 0 Å². The van der Waals surface area contributed by atoms with Crippen LogP contribution in [0.2, 0.25) is 5.02 Å². The summed E-state index contributed by atoms with van der Waals surface area (Å²) in [5, 5.41) is 8.29. The number of rotatable bonds is 3. The number of anilines is 1. The fourth-order valence-corrected chi connectivity index (χ4v) is 5.37. The van der Waals surface area contributed by atoms with Crippen molar-refractivity contribution in [3.63, 3.8) is 0 Å². The number of urea groups is 1. The molecule has 1 unspecified atom stereocenters. The van der Waals surface area contributed by atoms with Gasteiger partial charge in [-0.05, 0) is 73.5 Å². The van der Waals surface area contributed by atoms with Crippen molar-refractivity contribution in [3.05, 3.63) is 130 Å². The van der Waals surface area contributed by atoms with Crippen LogP contribution in [0.4, 0.5) is 14.9 Å². The summed E-state index contributed by atoms with van der Waals surface area (Å²) in [6.45, 7) is 4.14. The molecule has 190 valence electrons. The molecular weight excluding hydrogens is 501 g/mol. The second kappa shape index (κ2) is 9.50. The minimum Gasteiger partial charge on any atom is -0.307 e. The molecule has 1 aliphatic heterocycles. The minimum atomic E-state index is -0.569. The van der Waals surface area contributed by atoms with Crippen molar-refractivity contribution in [2.24, 2.45) is 0 Å². The number of para-hydroxylation sites is 1. The summed E-state index contributed by atoms with van der Waals surface area (Å²) in [5.41, 5.74) is 5.59. The fourth-order valence-electron chi connectivity index (χ4n) is 5.09. The van der Waals surface area contributed by atoms with E-state index in [0.29, 0.717) is 16.3 Å². The first kappa shape index (κ1) is 24.0. The third-order valence-electron chi connectivity index (χ3n) is 6.88. The monoisotopic (exact) mass is 525 g/mol. The number of amides is 2. The van der Waals surface area contributed by atoms with E-state index in [1.807, 2.05) is 83.9 Å². The predicted octanol–water partition coefficient (Wildman–Crippen LogP) is 7.21. The van der Waals surface area contributed by atoms with Gasteiger partial charge in [-0.3, -0.25) is 0 Å². The third-order valence-corrected chi connectivity index (χ3v) is 7.19. The second-order valence-corrected chi connectivity index (χ2v) is 9.84. The van der Waals surface area contributed by atoms with Crippen LogP contribution in [0.3, 0.4) is 0 Å². The smallest absolute Gasteiger partial charge is 0.307 e. The Hall–Kier alpha value is -4.36. The zero-order valence-corrected chi connectivity index (χ0v) is 21.7. The van der Waals surface area contributed by atoms with Gasteiger partial charge >= 0.3 is 6.03 Å². The number of aromatic nitrogens is 3. The van der Waals surface area contributed by atoms with Crippen molar-refractivity contribution in [1.29, 1.82) is 0 Å². The van der Waals surface area contributed by atoms with Crippen LogP contribution in [0, 0.1) is 19.7 Å². The maximum Gasteiger partial charge on any atom is 0.323 e. The lowest BCUT2D eigenvalue weighted by Crippen LogP contribution is -2.38. The van der Waals surface area contributed by atoms with Crippen molar-refractivity contribution in [1.82, 2.24) is 19.2 Å². The number of halogens is 2. The number of hydrogen-bond donors (Lipinski definition) is 1. The Balaban J connectivity index is 1.54. The lowest BCUT2D eigenvalue weighted by molar-refractivity contribution is 0.194. The summed E-state index contributed by atoms with van der Waals surface area (Å²) < 4.78 is 18.4. The van der Waals surface area contributed by atoms with E-state index in [4.69, 9.17) is 16.7 Å². The molecule has 0 saturated carbocycles. The van der Waals surface area contributed by atoms with Gasteiger partial charge in [-0.25, -0.2) is 13.9 Å². The van der Waals surface area contributed by atoms with Crippen LogP contribution in [0.15, 0.2) is 91.1 Å². The average Bonchev–Trinajstić information content (AvgIpc) is 3.46. The van der Waals surface area contributed by atoms with E-state index in [0.717, 1.165) is 34.0 Å². The SMILES string of the molecule is Cc1ccc(NC(=O)N2Cc3c(C)nn(-c4ccccc4)c3-n3cccc3C2c2cccc(F)c2)c(Cl)c1. The number of nitrogens with zero attached hydrogens (tertiary/aromatic N) is 4. The number of benzene rings is 3. The summed E-state index contributed by atoms with van der Waals surface area (Å²) in [6, 6.07) is 24.7. The number of carbonyl (C=O) groups excluding carboxylic acids is 1. The van der Waals surface area contributed by atoms with Crippen LogP contribution < -0.4 is 5.32 Å². The summed E-state index contributed by atoms with van der Waals surface area (Å²) in [5.74, 6) is 0.481. The van der Waals surface area contributed by atoms with E-state index < -0.39 is 6.04 Å². The van der Waals surface area contributed by atoms with Gasteiger partial charge < -0.3 is 14.8 Å². The Labute approximate surface area is 224 Å². The second-order valence-electron chi connectivity index (χ2n) is 9.44. The molecule has 8 heteroatoms. The molecule has 3 heterocycles. The van der Waals surface area contributed by atoms with Gasteiger partial charge in [0.05, 0.1) is 40.4 Å². The first-order valence-electron chi connectivity index (χ1n) is 12.3. The summed E-state index contributed by atoms with van der Waals surface area (Å²) in [4.78, 5) is 15.7. The molecule has 0 aliphatic carbocycles. The van der Waals surface area contributed by atoms with Crippen LogP contribution in [0.5, 0.6) is 0 Å². The normalized spacial score (nSPS) is 14.5. The van der Waals surface area contributed by atoms with Gasteiger partial charge in [-0.15, -0.1) is 0 Å². The van der Waals surface area contributed by atoms with E-state index in [1.54, 1.807) is 23.1 Å². The van der Waals surface area contributed by atoms with E-state index in [9.17, 15) is 9.18 Å². The first-order valence-corrected chi connectivity index (χ1v) is 12.7. The zero-order valence-electron chi connectivity index (χ0n) is 20.9. The maximum absolute atomic E-state index is 14.5. The van der Waals surface area contributed by atoms with Crippen molar-refractivity contribution >= 4 is 23.3 Å². The molecule has 6 rings (SSSR count). The van der Waals surface area contributed by atoms with Gasteiger partial charge in [-0.2, -0.15) is 5.10 Å². The minimum absolute atomic E-state index is 0.256. The molecule has 3 aromatic carbocycles. The van der Waals surface area contributed by atoms with Gasteiger partial charge in [-0.1, -0.05) is 48.0 Å². The standard InChI is InChI=1S/C30H25ClFN5O/c1-19-13-14-26(25(31)16-19)33-30(38)36-18-24-20(2)34-37(23-10-4-3-5-11-23)29(24)35-15-7-12-27(35)28(36)21-8-6-9-22(32)17-21/h3-17,28H,18H2,1-2H3,(H,33,38).